The number of aromatic nitrogens is 1. The van der Waals surface area contributed by atoms with Gasteiger partial charge in [-0.05, 0) is 47.5 Å². The number of amides is 2. The highest BCUT2D eigenvalue weighted by Gasteiger charge is 2.28. The van der Waals surface area contributed by atoms with E-state index < -0.39 is 0 Å². The van der Waals surface area contributed by atoms with E-state index in [0.717, 1.165) is 33.5 Å². The molecule has 0 spiro atoms. The molecule has 2 heterocycles. The van der Waals surface area contributed by atoms with Gasteiger partial charge in [0, 0.05) is 30.5 Å². The molecule has 1 saturated heterocycles. The van der Waals surface area contributed by atoms with Gasteiger partial charge in [-0.2, -0.15) is 0 Å². The largest absolute Gasteiger partial charge is 0.497 e. The highest BCUT2D eigenvalue weighted by Crippen LogP contribution is 2.23. The molecular weight excluding hydrogens is 470 g/mol. The minimum atomic E-state index is -0.172. The minimum absolute atomic E-state index is 0.0646. The van der Waals surface area contributed by atoms with Crippen molar-refractivity contribution in [2.75, 3.05) is 33.9 Å². The molecule has 1 aliphatic heterocycles. The fraction of sp³-hybridized carbons (Fsp3) is 0.241. The van der Waals surface area contributed by atoms with Crippen molar-refractivity contribution in [1.29, 1.82) is 0 Å². The van der Waals surface area contributed by atoms with Crippen LogP contribution >= 0.6 is 0 Å². The number of rotatable bonds is 6. The Labute approximate surface area is 216 Å². The molecule has 37 heavy (non-hydrogen) atoms. The fourth-order valence-electron chi connectivity index (χ4n) is 4.15. The van der Waals surface area contributed by atoms with E-state index in [-0.39, 0.29) is 25.0 Å². The van der Waals surface area contributed by atoms with Crippen molar-refractivity contribution >= 4 is 22.7 Å². The average molecular weight is 502 g/mol. The molecule has 0 bridgehead atoms. The van der Waals surface area contributed by atoms with Crippen LogP contribution < -0.4 is 9.47 Å². The van der Waals surface area contributed by atoms with Crippen LogP contribution in [0.2, 0.25) is 0 Å². The van der Waals surface area contributed by atoms with Gasteiger partial charge in [0.25, 0.3) is 5.91 Å². The summed E-state index contributed by atoms with van der Waals surface area (Å²) in [6.45, 7) is 1.70. The van der Waals surface area contributed by atoms with E-state index in [9.17, 15) is 9.59 Å². The maximum atomic E-state index is 12.9. The first kappa shape index (κ1) is 25.8. The van der Waals surface area contributed by atoms with Crippen molar-refractivity contribution < 1.29 is 24.2 Å². The average Bonchev–Trinajstić information content (AvgIpc) is 3.38. The molecule has 5 rings (SSSR count). The number of nitrogens with zero attached hydrogens (tertiary/aromatic N) is 2. The lowest BCUT2D eigenvalue weighted by atomic mass is 10.1. The van der Waals surface area contributed by atoms with Crippen LogP contribution in [0.1, 0.15) is 21.6 Å². The van der Waals surface area contributed by atoms with Gasteiger partial charge in [-0.15, -0.1) is 0 Å². The highest BCUT2D eigenvalue weighted by atomic mass is 16.5. The van der Waals surface area contributed by atoms with E-state index in [1.807, 2.05) is 72.8 Å². The topological polar surface area (TPSA) is 95.1 Å². The van der Waals surface area contributed by atoms with Gasteiger partial charge in [-0.25, -0.2) is 0 Å². The first-order valence-corrected chi connectivity index (χ1v) is 12.0. The van der Waals surface area contributed by atoms with Gasteiger partial charge in [0.2, 0.25) is 5.91 Å². The monoisotopic (exact) mass is 501 g/mol. The zero-order valence-corrected chi connectivity index (χ0v) is 21.0. The molecule has 2 amide bonds. The number of nitrogens with one attached hydrogen (secondary N) is 1. The number of benzene rings is 3. The van der Waals surface area contributed by atoms with Crippen molar-refractivity contribution in [3.63, 3.8) is 0 Å². The predicted octanol–water partition coefficient (Wildman–Crippen LogP) is 3.85. The second-order valence-electron chi connectivity index (χ2n) is 8.67. The molecule has 0 aliphatic carbocycles. The lowest BCUT2D eigenvalue weighted by molar-refractivity contribution is -0.135. The van der Waals surface area contributed by atoms with Gasteiger partial charge in [-0.1, -0.05) is 42.5 Å². The SMILES string of the molecule is COc1cccc(CN2CCN(C(=O)c3cc4cc(OC)ccc4[nH]3)CC2=O)c1.OCc1ccccc1. The van der Waals surface area contributed by atoms with E-state index in [0.29, 0.717) is 25.3 Å². The molecule has 0 saturated carbocycles. The maximum absolute atomic E-state index is 12.9. The molecule has 0 atom stereocenters. The van der Waals surface area contributed by atoms with Crippen molar-refractivity contribution in [1.82, 2.24) is 14.8 Å². The van der Waals surface area contributed by atoms with Crippen molar-refractivity contribution in [2.45, 2.75) is 13.2 Å². The van der Waals surface area contributed by atoms with Crippen LogP contribution in [0.5, 0.6) is 11.5 Å². The Morgan fingerprint density at radius 3 is 2.30 bits per heavy atom. The van der Waals surface area contributed by atoms with Gasteiger partial charge in [0.15, 0.2) is 0 Å². The molecule has 4 aromatic rings. The predicted molar refractivity (Wildman–Crippen MR) is 142 cm³/mol. The van der Waals surface area contributed by atoms with Crippen LogP contribution in [0.3, 0.4) is 0 Å². The first-order chi connectivity index (χ1) is 18.0. The number of piperazine rings is 1. The first-order valence-electron chi connectivity index (χ1n) is 12.0. The minimum Gasteiger partial charge on any atom is -0.497 e. The summed E-state index contributed by atoms with van der Waals surface area (Å²) < 4.78 is 10.5. The smallest absolute Gasteiger partial charge is 0.270 e. The second kappa shape index (κ2) is 12.1. The Morgan fingerprint density at radius 2 is 1.62 bits per heavy atom. The summed E-state index contributed by atoms with van der Waals surface area (Å²) in [5, 5.41) is 9.44. The van der Waals surface area contributed by atoms with Crippen LogP contribution in [0.15, 0.2) is 78.9 Å². The van der Waals surface area contributed by atoms with Gasteiger partial charge in [-0.3, -0.25) is 9.59 Å². The third kappa shape index (κ3) is 6.48. The number of aromatic amines is 1. The normalized spacial score (nSPS) is 13.2. The number of hydrogen-bond acceptors (Lipinski definition) is 5. The van der Waals surface area contributed by atoms with Gasteiger partial charge in [0.1, 0.15) is 23.7 Å². The summed E-state index contributed by atoms with van der Waals surface area (Å²) in [5.74, 6) is 1.26. The Morgan fingerprint density at radius 1 is 0.892 bits per heavy atom. The standard InChI is InChI=1S/C22H23N3O4.C7H8O/c1-28-17-5-3-4-15(10-17)13-24-8-9-25(14-21(24)26)22(27)20-12-16-11-18(29-2)6-7-19(16)23-20;8-6-7-4-2-1-3-5-7/h3-7,10-12,23H,8-9,13-14H2,1-2H3;1-5,8H,6H2. The van der Waals surface area contributed by atoms with Crippen molar-refractivity contribution in [3.05, 3.63) is 95.7 Å². The summed E-state index contributed by atoms with van der Waals surface area (Å²) >= 11 is 0. The molecule has 1 aromatic heterocycles. The molecule has 0 unspecified atom stereocenters. The zero-order chi connectivity index (χ0) is 26.2. The van der Waals surface area contributed by atoms with E-state index in [4.69, 9.17) is 14.6 Å². The van der Waals surface area contributed by atoms with E-state index in [1.165, 1.54) is 0 Å². The number of methoxy groups -OCH3 is 2. The van der Waals surface area contributed by atoms with E-state index in [1.54, 1.807) is 30.1 Å². The van der Waals surface area contributed by atoms with Crippen molar-refractivity contribution in [3.8, 4) is 11.5 Å². The Hall–Kier alpha value is -4.30. The highest BCUT2D eigenvalue weighted by molar-refractivity contribution is 6.00. The summed E-state index contributed by atoms with van der Waals surface area (Å²) in [5.41, 5.74) is 3.30. The molecule has 192 valence electrons. The summed E-state index contributed by atoms with van der Waals surface area (Å²) in [6.07, 6.45) is 0. The number of ether oxygens (including phenoxy) is 2. The molecule has 0 radical (unpaired) electrons. The van der Waals surface area contributed by atoms with Crippen LogP contribution in [0.4, 0.5) is 0 Å². The number of hydrogen-bond donors (Lipinski definition) is 2. The lowest BCUT2D eigenvalue weighted by Crippen LogP contribution is -2.51. The second-order valence-corrected chi connectivity index (χ2v) is 8.67. The number of H-pyrrole nitrogens is 1. The summed E-state index contributed by atoms with van der Waals surface area (Å²) in [4.78, 5) is 32.0. The Bertz CT molecular complexity index is 1350. The quantitative estimate of drug-likeness (QED) is 0.419. The number of aliphatic hydroxyl groups is 1. The number of fused-ring (bicyclic) bond motifs is 1. The molecule has 1 aliphatic rings. The number of carbonyl (C=O) groups is 2. The molecule has 3 aromatic carbocycles. The van der Waals surface area contributed by atoms with Crippen LogP contribution in [0.25, 0.3) is 10.9 Å². The molecule has 8 heteroatoms. The number of aliphatic hydroxyl groups excluding tert-OH is 1. The Balaban J connectivity index is 0.000000342. The molecule has 8 nitrogen and oxygen atoms in total. The Kier molecular flexibility index (Phi) is 8.43. The third-order valence-corrected chi connectivity index (χ3v) is 6.20. The van der Waals surface area contributed by atoms with Crippen LogP contribution in [0, 0.1) is 0 Å². The third-order valence-electron chi connectivity index (χ3n) is 6.20. The van der Waals surface area contributed by atoms with E-state index >= 15 is 0 Å². The lowest BCUT2D eigenvalue weighted by Gasteiger charge is -2.34. The maximum Gasteiger partial charge on any atom is 0.270 e. The fourth-order valence-corrected chi connectivity index (χ4v) is 4.15. The zero-order valence-electron chi connectivity index (χ0n) is 21.0. The molecule has 1 fully saturated rings. The van der Waals surface area contributed by atoms with Gasteiger partial charge >= 0.3 is 0 Å². The summed E-state index contributed by atoms with van der Waals surface area (Å²) in [6, 6.07) is 24.6. The van der Waals surface area contributed by atoms with Gasteiger partial charge in [0.05, 0.1) is 20.8 Å². The van der Waals surface area contributed by atoms with Crippen molar-refractivity contribution in [2.24, 2.45) is 0 Å². The summed E-state index contributed by atoms with van der Waals surface area (Å²) in [7, 11) is 3.23. The van der Waals surface area contributed by atoms with Crippen LogP contribution in [-0.4, -0.2) is 65.6 Å². The molecular formula is C29H31N3O5. The molecule has 2 N–H and O–H groups in total. The van der Waals surface area contributed by atoms with E-state index in [2.05, 4.69) is 4.98 Å². The van der Waals surface area contributed by atoms with Crippen LogP contribution in [-0.2, 0) is 17.9 Å². The van der Waals surface area contributed by atoms with Gasteiger partial charge < -0.3 is 29.4 Å². The number of carbonyl (C=O) groups excluding carboxylic acids is 2.